The van der Waals surface area contributed by atoms with Crippen molar-refractivity contribution in [2.24, 2.45) is 0 Å². The van der Waals surface area contributed by atoms with E-state index >= 15 is 0 Å². The molecule has 2 N–H and O–H groups in total. The highest BCUT2D eigenvalue weighted by atomic mass is 16.3. The van der Waals surface area contributed by atoms with Crippen LogP contribution in [0.4, 0.5) is 0 Å². The van der Waals surface area contributed by atoms with Crippen LogP contribution in [0.1, 0.15) is 39.5 Å². The van der Waals surface area contributed by atoms with Gasteiger partial charge in [0, 0.05) is 6.42 Å². The number of aliphatic hydroxyl groups excluding tert-OH is 1. The molecule has 2 atom stereocenters. The molecule has 0 saturated carbocycles. The van der Waals surface area contributed by atoms with Crippen LogP contribution in [0, 0.1) is 0 Å². The Morgan fingerprint density at radius 3 is 2.58 bits per heavy atom. The number of rotatable bonds is 6. The third-order valence-electron chi connectivity index (χ3n) is 2.15. The molecule has 0 aliphatic carbocycles. The van der Waals surface area contributed by atoms with Gasteiger partial charge in [-0.15, -0.1) is 0 Å². The number of hydrogen-bond donors (Lipinski definition) is 2. The normalized spacial score (nSPS) is 18.3. The molecule has 0 amide bonds. The number of carbonyl (C=O) groups excluding carboxylic acids is 1. The van der Waals surface area contributed by atoms with E-state index in [1.165, 1.54) is 0 Å². The lowest BCUT2D eigenvalue weighted by Crippen LogP contribution is -2.24. The smallest absolute Gasteiger partial charge is 0.122 e. The van der Waals surface area contributed by atoms with E-state index in [9.17, 15) is 9.90 Å². The van der Waals surface area contributed by atoms with E-state index in [2.05, 4.69) is 0 Å². The molecule has 0 aromatic heterocycles. The lowest BCUT2D eigenvalue weighted by Gasteiger charge is -2.22. The van der Waals surface area contributed by atoms with Crippen molar-refractivity contribution in [1.29, 1.82) is 0 Å². The molecule has 0 fully saturated rings. The molecule has 0 heterocycles. The summed E-state index contributed by atoms with van der Waals surface area (Å²) < 4.78 is 0. The Kier molecular flexibility index (Phi) is 5.09. The highest BCUT2D eigenvalue weighted by molar-refractivity contribution is 5.49. The molecule has 0 aromatic carbocycles. The molecule has 0 bridgehead atoms. The quantitative estimate of drug-likeness (QED) is 0.588. The maximum absolute atomic E-state index is 9.99. The molecule has 3 nitrogen and oxygen atoms in total. The monoisotopic (exact) mass is 174 g/mol. The van der Waals surface area contributed by atoms with Gasteiger partial charge in [0.05, 0.1) is 11.7 Å². The fourth-order valence-corrected chi connectivity index (χ4v) is 0.883. The van der Waals surface area contributed by atoms with Crippen LogP contribution in [0.2, 0.25) is 0 Å². The van der Waals surface area contributed by atoms with Crippen molar-refractivity contribution < 1.29 is 15.0 Å². The molecule has 0 aliphatic heterocycles. The Balaban J connectivity index is 3.59. The lowest BCUT2D eigenvalue weighted by molar-refractivity contribution is -0.109. The highest BCUT2D eigenvalue weighted by Crippen LogP contribution is 2.17. The van der Waals surface area contributed by atoms with Crippen molar-refractivity contribution in [3.05, 3.63) is 0 Å². The molecule has 3 heteroatoms. The summed E-state index contributed by atoms with van der Waals surface area (Å²) in [7, 11) is 0. The number of carbonyl (C=O) groups is 1. The minimum absolute atomic E-state index is 0.166. The Bertz CT molecular complexity index is 132. The van der Waals surface area contributed by atoms with Crippen molar-refractivity contribution >= 4 is 6.29 Å². The number of aldehydes is 1. The standard InChI is InChI=1S/C9H18O3/c1-3-9(2,12)6-4-8(11)5-7-10/h7-8,11-12H,3-6H2,1-2H3. The molecule has 2 unspecified atom stereocenters. The van der Waals surface area contributed by atoms with Crippen LogP contribution < -0.4 is 0 Å². The Morgan fingerprint density at radius 2 is 2.17 bits per heavy atom. The zero-order valence-corrected chi connectivity index (χ0v) is 7.79. The third kappa shape index (κ3) is 5.27. The first kappa shape index (κ1) is 11.6. The van der Waals surface area contributed by atoms with Crippen LogP contribution in [-0.4, -0.2) is 28.2 Å². The van der Waals surface area contributed by atoms with Gasteiger partial charge in [0.15, 0.2) is 0 Å². The predicted octanol–water partition coefficient (Wildman–Crippen LogP) is 0.877. The summed E-state index contributed by atoms with van der Waals surface area (Å²) in [4.78, 5) is 9.99. The van der Waals surface area contributed by atoms with Crippen molar-refractivity contribution in [3.8, 4) is 0 Å². The van der Waals surface area contributed by atoms with Crippen molar-refractivity contribution in [2.45, 2.75) is 51.2 Å². The molecule has 0 aliphatic rings. The van der Waals surface area contributed by atoms with Crippen LogP contribution in [0.5, 0.6) is 0 Å². The van der Waals surface area contributed by atoms with E-state index in [0.717, 1.165) is 0 Å². The van der Waals surface area contributed by atoms with Gasteiger partial charge in [-0.25, -0.2) is 0 Å². The second kappa shape index (κ2) is 5.27. The van der Waals surface area contributed by atoms with Crippen LogP contribution in [0.25, 0.3) is 0 Å². The van der Waals surface area contributed by atoms with Crippen molar-refractivity contribution in [3.63, 3.8) is 0 Å². The average molecular weight is 174 g/mol. The molecular weight excluding hydrogens is 156 g/mol. The zero-order valence-electron chi connectivity index (χ0n) is 7.79. The minimum Gasteiger partial charge on any atom is -0.393 e. The van der Waals surface area contributed by atoms with Gasteiger partial charge >= 0.3 is 0 Å². The topological polar surface area (TPSA) is 57.5 Å². The Morgan fingerprint density at radius 1 is 1.58 bits per heavy atom. The summed E-state index contributed by atoms with van der Waals surface area (Å²) in [6, 6.07) is 0. The van der Waals surface area contributed by atoms with Gasteiger partial charge in [-0.2, -0.15) is 0 Å². The molecule has 72 valence electrons. The van der Waals surface area contributed by atoms with E-state index in [0.29, 0.717) is 25.5 Å². The molecule has 0 spiro atoms. The predicted molar refractivity (Wildman–Crippen MR) is 46.8 cm³/mol. The fourth-order valence-electron chi connectivity index (χ4n) is 0.883. The molecular formula is C9H18O3. The Hall–Kier alpha value is -0.410. The molecule has 0 rings (SSSR count). The van der Waals surface area contributed by atoms with Gasteiger partial charge in [-0.1, -0.05) is 6.92 Å². The largest absolute Gasteiger partial charge is 0.393 e. The van der Waals surface area contributed by atoms with E-state index in [1.54, 1.807) is 6.92 Å². The molecule has 0 aromatic rings. The number of aliphatic hydroxyl groups is 2. The second-order valence-corrected chi connectivity index (χ2v) is 3.45. The van der Waals surface area contributed by atoms with Crippen LogP contribution in [0.15, 0.2) is 0 Å². The van der Waals surface area contributed by atoms with Gasteiger partial charge < -0.3 is 15.0 Å². The van der Waals surface area contributed by atoms with Crippen LogP contribution >= 0.6 is 0 Å². The fraction of sp³-hybridized carbons (Fsp3) is 0.889. The Labute approximate surface area is 73.4 Å². The molecule has 12 heavy (non-hydrogen) atoms. The van der Waals surface area contributed by atoms with Gasteiger partial charge in [-0.05, 0) is 26.2 Å². The van der Waals surface area contributed by atoms with Gasteiger partial charge in [0.25, 0.3) is 0 Å². The summed E-state index contributed by atoms with van der Waals surface area (Å²) in [5.41, 5.74) is -0.704. The number of hydrogen-bond acceptors (Lipinski definition) is 3. The lowest BCUT2D eigenvalue weighted by atomic mass is 9.95. The third-order valence-corrected chi connectivity index (χ3v) is 2.15. The summed E-state index contributed by atoms with van der Waals surface area (Å²) in [5.74, 6) is 0. The molecule has 0 radical (unpaired) electrons. The van der Waals surface area contributed by atoms with Gasteiger partial charge in [0.2, 0.25) is 0 Å². The van der Waals surface area contributed by atoms with E-state index in [1.807, 2.05) is 6.92 Å². The highest BCUT2D eigenvalue weighted by Gasteiger charge is 2.18. The van der Waals surface area contributed by atoms with Crippen LogP contribution in [0.3, 0.4) is 0 Å². The maximum Gasteiger partial charge on any atom is 0.122 e. The van der Waals surface area contributed by atoms with E-state index in [-0.39, 0.29) is 6.42 Å². The van der Waals surface area contributed by atoms with E-state index < -0.39 is 11.7 Å². The minimum atomic E-state index is -0.704. The first-order valence-electron chi connectivity index (χ1n) is 4.36. The van der Waals surface area contributed by atoms with Crippen molar-refractivity contribution in [2.75, 3.05) is 0 Å². The second-order valence-electron chi connectivity index (χ2n) is 3.45. The van der Waals surface area contributed by atoms with E-state index in [4.69, 9.17) is 5.11 Å². The van der Waals surface area contributed by atoms with Gasteiger partial charge in [0.1, 0.15) is 6.29 Å². The summed E-state index contributed by atoms with van der Waals surface area (Å²) in [5, 5.41) is 18.7. The maximum atomic E-state index is 9.99. The van der Waals surface area contributed by atoms with Crippen LogP contribution in [-0.2, 0) is 4.79 Å². The average Bonchev–Trinajstić information content (AvgIpc) is 2.02. The SMILES string of the molecule is CCC(C)(O)CCC(O)CC=O. The first-order chi connectivity index (χ1) is 5.52. The molecule has 0 saturated heterocycles. The summed E-state index contributed by atoms with van der Waals surface area (Å²) in [6.45, 7) is 3.63. The van der Waals surface area contributed by atoms with Gasteiger partial charge in [-0.3, -0.25) is 0 Å². The summed E-state index contributed by atoms with van der Waals surface area (Å²) >= 11 is 0. The first-order valence-corrected chi connectivity index (χ1v) is 4.36. The zero-order chi connectivity index (χ0) is 9.61. The summed E-state index contributed by atoms with van der Waals surface area (Å²) in [6.07, 6.45) is 1.96. The van der Waals surface area contributed by atoms with Crippen molar-refractivity contribution in [1.82, 2.24) is 0 Å².